The molecule has 1 heterocycles. The van der Waals surface area contributed by atoms with E-state index in [4.69, 9.17) is 9.66 Å². The van der Waals surface area contributed by atoms with Crippen LogP contribution in [-0.4, -0.2) is 19.3 Å². The molecule has 0 fully saturated rings. The molecule has 2 aromatic rings. The molecule has 0 saturated carbocycles. The summed E-state index contributed by atoms with van der Waals surface area (Å²) in [4.78, 5) is 0. The van der Waals surface area contributed by atoms with Crippen LogP contribution in [0.25, 0.3) is 11.0 Å². The monoisotopic (exact) mass is 244 g/mol. The largest absolute Gasteiger partial charge is 0.356 e. The van der Waals surface area contributed by atoms with E-state index in [9.17, 15) is 12.8 Å². The van der Waals surface area contributed by atoms with Crippen molar-refractivity contribution in [3.8, 4) is 0 Å². The van der Waals surface area contributed by atoms with Crippen LogP contribution in [0.15, 0.2) is 22.7 Å². The Bertz CT molecular complexity index is 621. The van der Waals surface area contributed by atoms with Crippen molar-refractivity contribution in [2.75, 3.05) is 5.75 Å². The van der Waals surface area contributed by atoms with Crippen LogP contribution < -0.4 is 5.14 Å². The molecule has 0 atom stereocenters. The van der Waals surface area contributed by atoms with Gasteiger partial charge in [0.15, 0.2) is 5.58 Å². The summed E-state index contributed by atoms with van der Waals surface area (Å²) in [6.07, 6.45) is 0.150. The van der Waals surface area contributed by atoms with Crippen molar-refractivity contribution in [2.24, 2.45) is 5.14 Å². The number of fused-ring (bicyclic) bond motifs is 1. The molecule has 0 spiro atoms. The number of rotatable bonds is 3. The van der Waals surface area contributed by atoms with Gasteiger partial charge in [-0.3, -0.25) is 0 Å². The molecule has 0 amide bonds. The van der Waals surface area contributed by atoms with E-state index < -0.39 is 15.8 Å². The predicted octanol–water partition coefficient (Wildman–Crippen LogP) is 0.798. The van der Waals surface area contributed by atoms with Crippen molar-refractivity contribution in [3.05, 3.63) is 29.7 Å². The van der Waals surface area contributed by atoms with Crippen LogP contribution in [-0.2, 0) is 16.4 Å². The van der Waals surface area contributed by atoms with E-state index in [0.717, 1.165) is 0 Å². The predicted molar refractivity (Wildman–Crippen MR) is 55.6 cm³/mol. The minimum absolute atomic E-state index is 0.150. The minimum atomic E-state index is -3.53. The highest BCUT2D eigenvalue weighted by atomic mass is 32.2. The highest BCUT2D eigenvalue weighted by Gasteiger charge is 2.11. The lowest BCUT2D eigenvalue weighted by Crippen LogP contribution is -2.18. The van der Waals surface area contributed by atoms with Gasteiger partial charge in [0, 0.05) is 17.9 Å². The third-order valence-corrected chi connectivity index (χ3v) is 2.91. The summed E-state index contributed by atoms with van der Waals surface area (Å²) >= 11 is 0. The number of aromatic nitrogens is 1. The Morgan fingerprint density at radius 1 is 1.44 bits per heavy atom. The van der Waals surface area contributed by atoms with Crippen molar-refractivity contribution >= 4 is 21.0 Å². The third kappa shape index (κ3) is 2.37. The first kappa shape index (κ1) is 11.0. The van der Waals surface area contributed by atoms with Gasteiger partial charge in [0.05, 0.1) is 11.4 Å². The van der Waals surface area contributed by atoms with Gasteiger partial charge in [-0.15, -0.1) is 0 Å². The molecule has 2 rings (SSSR count). The molecular formula is C9H9FN2O3S. The van der Waals surface area contributed by atoms with Gasteiger partial charge in [-0.2, -0.15) is 0 Å². The molecule has 1 aromatic heterocycles. The first-order valence-corrected chi connectivity index (χ1v) is 6.21. The minimum Gasteiger partial charge on any atom is -0.356 e. The van der Waals surface area contributed by atoms with Crippen LogP contribution in [0.1, 0.15) is 5.69 Å². The van der Waals surface area contributed by atoms with Gasteiger partial charge in [0.1, 0.15) is 5.82 Å². The number of nitrogens with zero attached hydrogens (tertiary/aromatic N) is 1. The number of halogens is 1. The topological polar surface area (TPSA) is 86.2 Å². The smallest absolute Gasteiger partial charge is 0.209 e. The van der Waals surface area contributed by atoms with Crippen LogP contribution in [0.5, 0.6) is 0 Å². The lowest BCUT2D eigenvalue weighted by atomic mass is 10.2. The Morgan fingerprint density at radius 2 is 2.19 bits per heavy atom. The van der Waals surface area contributed by atoms with E-state index in [1.165, 1.54) is 18.2 Å². The summed E-state index contributed by atoms with van der Waals surface area (Å²) in [5.41, 5.74) is 0.758. The Morgan fingerprint density at radius 3 is 2.88 bits per heavy atom. The summed E-state index contributed by atoms with van der Waals surface area (Å²) in [5, 5.41) is 9.15. The van der Waals surface area contributed by atoms with Crippen molar-refractivity contribution in [3.63, 3.8) is 0 Å². The molecule has 0 aliphatic heterocycles. The summed E-state index contributed by atoms with van der Waals surface area (Å²) in [5.74, 6) is -0.645. The summed E-state index contributed by atoms with van der Waals surface area (Å²) in [6.45, 7) is 0. The molecule has 0 radical (unpaired) electrons. The van der Waals surface area contributed by atoms with Gasteiger partial charge in [-0.1, -0.05) is 5.16 Å². The van der Waals surface area contributed by atoms with E-state index in [2.05, 4.69) is 5.16 Å². The summed E-state index contributed by atoms with van der Waals surface area (Å²) < 4.78 is 39.2. The molecule has 0 aliphatic carbocycles. The third-order valence-electron chi connectivity index (χ3n) is 2.13. The number of sulfonamides is 1. The molecule has 2 N–H and O–H groups in total. The van der Waals surface area contributed by atoms with E-state index in [-0.39, 0.29) is 12.2 Å². The van der Waals surface area contributed by atoms with E-state index >= 15 is 0 Å². The van der Waals surface area contributed by atoms with Crippen molar-refractivity contribution in [2.45, 2.75) is 6.42 Å². The Balaban J connectivity index is 2.32. The lowest BCUT2D eigenvalue weighted by Gasteiger charge is -1.95. The molecular weight excluding hydrogens is 235 g/mol. The Hall–Kier alpha value is -1.47. The highest BCUT2D eigenvalue weighted by molar-refractivity contribution is 7.89. The Labute approximate surface area is 91.1 Å². The molecule has 0 bridgehead atoms. The first-order chi connectivity index (χ1) is 7.46. The summed E-state index contributed by atoms with van der Waals surface area (Å²) in [6, 6.07) is 3.96. The highest BCUT2D eigenvalue weighted by Crippen LogP contribution is 2.19. The van der Waals surface area contributed by atoms with Crippen LogP contribution in [0.3, 0.4) is 0 Å². The molecule has 0 aliphatic rings. The maximum atomic E-state index is 12.8. The second-order valence-electron chi connectivity index (χ2n) is 3.39. The molecule has 16 heavy (non-hydrogen) atoms. The summed E-state index contributed by atoms with van der Waals surface area (Å²) in [7, 11) is -3.53. The number of primary sulfonamides is 1. The fourth-order valence-corrected chi connectivity index (χ4v) is 1.86. The molecule has 0 unspecified atom stereocenters. The first-order valence-electron chi connectivity index (χ1n) is 4.50. The van der Waals surface area contributed by atoms with E-state index in [0.29, 0.717) is 16.7 Å². The van der Waals surface area contributed by atoms with Gasteiger partial charge >= 0.3 is 0 Å². The van der Waals surface area contributed by atoms with Gasteiger partial charge in [-0.25, -0.2) is 17.9 Å². The van der Waals surface area contributed by atoms with Gasteiger partial charge in [0.2, 0.25) is 10.0 Å². The van der Waals surface area contributed by atoms with Crippen LogP contribution >= 0.6 is 0 Å². The molecule has 86 valence electrons. The van der Waals surface area contributed by atoms with Crippen molar-refractivity contribution < 1.29 is 17.3 Å². The van der Waals surface area contributed by atoms with E-state index in [1.54, 1.807) is 0 Å². The zero-order chi connectivity index (χ0) is 11.8. The SMILES string of the molecule is NS(=O)(=O)CCc1noc2cc(F)ccc12. The number of benzene rings is 1. The van der Waals surface area contributed by atoms with Crippen LogP contribution in [0, 0.1) is 5.82 Å². The average molecular weight is 244 g/mol. The average Bonchev–Trinajstić information content (AvgIpc) is 2.56. The molecule has 1 aromatic carbocycles. The zero-order valence-electron chi connectivity index (χ0n) is 8.18. The Kier molecular flexibility index (Phi) is 2.64. The maximum Gasteiger partial charge on any atom is 0.209 e. The molecule has 0 saturated heterocycles. The van der Waals surface area contributed by atoms with Crippen LogP contribution in [0.2, 0.25) is 0 Å². The van der Waals surface area contributed by atoms with Gasteiger partial charge in [-0.05, 0) is 12.1 Å². The van der Waals surface area contributed by atoms with Gasteiger partial charge < -0.3 is 4.52 Å². The zero-order valence-corrected chi connectivity index (χ0v) is 9.00. The second-order valence-corrected chi connectivity index (χ2v) is 5.12. The fraction of sp³-hybridized carbons (Fsp3) is 0.222. The fourth-order valence-electron chi connectivity index (χ4n) is 1.38. The lowest BCUT2D eigenvalue weighted by molar-refractivity contribution is 0.445. The number of aryl methyl sites for hydroxylation is 1. The number of nitrogens with two attached hydrogens (primary N) is 1. The standard InChI is InChI=1S/C9H9FN2O3S/c10-6-1-2-7-8(3-4-16(11,13)14)12-15-9(7)5-6/h1-2,5H,3-4H2,(H2,11,13,14). The number of hydrogen-bond donors (Lipinski definition) is 1. The number of hydrogen-bond acceptors (Lipinski definition) is 4. The van der Waals surface area contributed by atoms with E-state index in [1.807, 2.05) is 0 Å². The molecule has 7 heteroatoms. The second kappa shape index (κ2) is 3.84. The maximum absolute atomic E-state index is 12.8. The van der Waals surface area contributed by atoms with Crippen LogP contribution in [0.4, 0.5) is 4.39 Å². The molecule has 5 nitrogen and oxygen atoms in total. The quantitative estimate of drug-likeness (QED) is 0.865. The van der Waals surface area contributed by atoms with Crippen molar-refractivity contribution in [1.82, 2.24) is 5.16 Å². The van der Waals surface area contributed by atoms with Gasteiger partial charge in [0.25, 0.3) is 0 Å². The van der Waals surface area contributed by atoms with Crippen molar-refractivity contribution in [1.29, 1.82) is 0 Å². The normalized spacial score (nSPS) is 12.1.